The summed E-state index contributed by atoms with van der Waals surface area (Å²) in [6, 6.07) is 5.32. The number of nitriles is 1. The number of alkyl halides is 1. The fraction of sp³-hybridized carbons (Fsp3) is 0.200. The van der Waals surface area contributed by atoms with Crippen LogP contribution in [-0.4, -0.2) is 18.2 Å². The van der Waals surface area contributed by atoms with Crippen LogP contribution >= 0.6 is 38.5 Å². The third-order valence-corrected chi connectivity index (χ3v) is 3.19. The Bertz CT molecular complexity index is 440. The van der Waals surface area contributed by atoms with Crippen LogP contribution in [0.3, 0.4) is 0 Å². The Balaban J connectivity index is 3.33. The van der Waals surface area contributed by atoms with Gasteiger partial charge in [0, 0.05) is 9.13 Å². The zero-order valence-electron chi connectivity index (χ0n) is 7.88. The number of benzene rings is 1. The van der Waals surface area contributed by atoms with E-state index in [9.17, 15) is 4.79 Å². The first-order chi connectivity index (χ1) is 7.13. The molecule has 0 aliphatic carbocycles. The van der Waals surface area contributed by atoms with Crippen molar-refractivity contribution in [3.8, 4) is 11.8 Å². The minimum Gasteiger partial charge on any atom is -0.495 e. The lowest BCUT2D eigenvalue weighted by atomic mass is 10.1. The number of Topliss-reactive ketones (excluding diaryl/α,β-unsaturated/α-hetero) is 1. The lowest BCUT2D eigenvalue weighted by molar-refractivity contribution is 0.102. The molecule has 0 atom stereocenters. The first-order valence-corrected chi connectivity index (χ1v) is 6.20. The molecule has 0 aliphatic rings. The van der Waals surface area contributed by atoms with Crippen molar-refractivity contribution in [1.82, 2.24) is 0 Å². The summed E-state index contributed by atoms with van der Waals surface area (Å²) in [6.45, 7) is 0. The third kappa shape index (κ3) is 2.69. The normalized spacial score (nSPS) is 9.47. The lowest BCUT2D eigenvalue weighted by Gasteiger charge is -2.06. The van der Waals surface area contributed by atoms with Gasteiger partial charge >= 0.3 is 0 Å². The Morgan fingerprint density at radius 3 is 2.80 bits per heavy atom. The van der Waals surface area contributed by atoms with E-state index in [1.165, 1.54) is 7.11 Å². The Morgan fingerprint density at radius 2 is 2.33 bits per heavy atom. The molecular formula is C10H7BrINO2. The van der Waals surface area contributed by atoms with Gasteiger partial charge in [-0.25, -0.2) is 0 Å². The number of carbonyl (C=O) groups is 1. The first kappa shape index (κ1) is 12.5. The second-order valence-electron chi connectivity index (χ2n) is 2.70. The van der Waals surface area contributed by atoms with E-state index in [1.807, 2.05) is 28.7 Å². The summed E-state index contributed by atoms with van der Waals surface area (Å²) in [6.07, 6.45) is 0. The van der Waals surface area contributed by atoms with Gasteiger partial charge in [-0.05, 0) is 34.7 Å². The van der Waals surface area contributed by atoms with Crippen molar-refractivity contribution >= 4 is 44.3 Å². The van der Waals surface area contributed by atoms with Gasteiger partial charge in [-0.15, -0.1) is 0 Å². The van der Waals surface area contributed by atoms with Crippen LogP contribution in [-0.2, 0) is 0 Å². The molecule has 1 rings (SSSR count). The highest BCUT2D eigenvalue weighted by atomic mass is 127. The van der Waals surface area contributed by atoms with Crippen molar-refractivity contribution in [2.75, 3.05) is 12.4 Å². The molecule has 3 nitrogen and oxygen atoms in total. The largest absolute Gasteiger partial charge is 0.495 e. The van der Waals surface area contributed by atoms with Gasteiger partial charge in [-0.2, -0.15) is 5.26 Å². The highest BCUT2D eigenvalue weighted by molar-refractivity contribution is 14.1. The molecule has 0 spiro atoms. The molecule has 0 aromatic heterocycles. The molecule has 0 saturated heterocycles. The molecule has 0 saturated carbocycles. The fourth-order valence-corrected chi connectivity index (χ4v) is 2.13. The summed E-state index contributed by atoms with van der Waals surface area (Å²) in [5, 5.41) is 9.15. The van der Waals surface area contributed by atoms with Crippen molar-refractivity contribution in [2.24, 2.45) is 0 Å². The van der Waals surface area contributed by atoms with E-state index in [0.29, 0.717) is 16.9 Å². The maximum absolute atomic E-state index is 11.4. The molecule has 0 unspecified atom stereocenters. The fourth-order valence-electron chi connectivity index (χ4n) is 1.09. The van der Waals surface area contributed by atoms with Gasteiger partial charge in [0.2, 0.25) is 0 Å². The van der Waals surface area contributed by atoms with Gasteiger partial charge in [0.05, 0.1) is 12.4 Å². The molecule has 0 aliphatic heterocycles. The molecule has 0 fully saturated rings. The maximum Gasteiger partial charge on any atom is 0.173 e. The van der Waals surface area contributed by atoms with E-state index >= 15 is 0 Å². The van der Waals surface area contributed by atoms with Crippen molar-refractivity contribution in [3.63, 3.8) is 0 Å². The standard InChI is InChI=1S/C10H7BrINO2/c1-15-10-3-6(9(14)4-11)2-8(12)7(10)5-13/h2-3H,4H2,1H3. The minimum atomic E-state index is -0.0318. The Morgan fingerprint density at radius 1 is 1.67 bits per heavy atom. The Labute approximate surface area is 110 Å². The molecule has 0 bridgehead atoms. The first-order valence-electron chi connectivity index (χ1n) is 4.00. The predicted octanol–water partition coefficient (Wildman–Crippen LogP) is 2.75. The van der Waals surface area contributed by atoms with Crippen molar-refractivity contribution in [3.05, 3.63) is 26.8 Å². The number of halogens is 2. The summed E-state index contributed by atoms with van der Waals surface area (Å²) >= 11 is 5.11. The molecule has 78 valence electrons. The van der Waals surface area contributed by atoms with Crippen LogP contribution < -0.4 is 4.74 Å². The number of carbonyl (C=O) groups excluding carboxylic acids is 1. The summed E-state index contributed by atoms with van der Waals surface area (Å²) in [7, 11) is 1.48. The summed E-state index contributed by atoms with van der Waals surface area (Å²) in [5.74, 6) is 0.407. The zero-order chi connectivity index (χ0) is 11.4. The van der Waals surface area contributed by atoms with Crippen LogP contribution in [0.25, 0.3) is 0 Å². The van der Waals surface area contributed by atoms with Crippen LogP contribution in [0.1, 0.15) is 15.9 Å². The third-order valence-electron chi connectivity index (χ3n) is 1.83. The quantitative estimate of drug-likeness (QED) is 0.461. The van der Waals surface area contributed by atoms with Crippen LogP contribution in [0.5, 0.6) is 5.75 Å². The highest BCUT2D eigenvalue weighted by Gasteiger charge is 2.12. The summed E-state index contributed by atoms with van der Waals surface area (Å²) < 4.78 is 5.78. The number of hydrogen-bond donors (Lipinski definition) is 0. The molecule has 0 amide bonds. The van der Waals surface area contributed by atoms with Gasteiger partial charge in [-0.3, -0.25) is 4.79 Å². The Kier molecular flexibility index (Phi) is 4.54. The SMILES string of the molecule is COc1cc(C(=O)CBr)cc(I)c1C#N. The van der Waals surface area contributed by atoms with Crippen molar-refractivity contribution in [2.45, 2.75) is 0 Å². The van der Waals surface area contributed by atoms with Crippen LogP contribution in [0.2, 0.25) is 0 Å². The van der Waals surface area contributed by atoms with E-state index in [2.05, 4.69) is 15.9 Å². The monoisotopic (exact) mass is 379 g/mol. The second kappa shape index (κ2) is 5.47. The van der Waals surface area contributed by atoms with Crippen LogP contribution in [0.4, 0.5) is 0 Å². The van der Waals surface area contributed by atoms with E-state index in [-0.39, 0.29) is 11.1 Å². The average molecular weight is 380 g/mol. The van der Waals surface area contributed by atoms with E-state index < -0.39 is 0 Å². The Hall–Kier alpha value is -0.610. The number of hydrogen-bond acceptors (Lipinski definition) is 3. The molecule has 0 radical (unpaired) electrons. The lowest BCUT2D eigenvalue weighted by Crippen LogP contribution is -2.02. The molecular weight excluding hydrogens is 373 g/mol. The molecule has 0 N–H and O–H groups in total. The second-order valence-corrected chi connectivity index (χ2v) is 4.43. The predicted molar refractivity (Wildman–Crippen MR) is 68.6 cm³/mol. The van der Waals surface area contributed by atoms with E-state index in [1.54, 1.807) is 12.1 Å². The number of ketones is 1. The molecule has 15 heavy (non-hydrogen) atoms. The number of methoxy groups -OCH3 is 1. The molecule has 0 heterocycles. The molecule has 1 aromatic carbocycles. The van der Waals surface area contributed by atoms with Crippen molar-refractivity contribution < 1.29 is 9.53 Å². The topological polar surface area (TPSA) is 50.1 Å². The molecule has 5 heteroatoms. The number of nitrogens with zero attached hydrogens (tertiary/aromatic N) is 1. The van der Waals surface area contributed by atoms with Crippen molar-refractivity contribution in [1.29, 1.82) is 5.26 Å². The van der Waals surface area contributed by atoms with E-state index in [4.69, 9.17) is 10.00 Å². The van der Waals surface area contributed by atoms with Gasteiger partial charge in [0.15, 0.2) is 5.78 Å². The van der Waals surface area contributed by atoms with Crippen LogP contribution in [0.15, 0.2) is 12.1 Å². The minimum absolute atomic E-state index is 0.0318. The molecule has 1 aromatic rings. The van der Waals surface area contributed by atoms with Crippen LogP contribution in [0, 0.1) is 14.9 Å². The highest BCUT2D eigenvalue weighted by Crippen LogP contribution is 2.25. The van der Waals surface area contributed by atoms with E-state index in [0.717, 1.165) is 3.57 Å². The number of ether oxygens (including phenoxy) is 1. The zero-order valence-corrected chi connectivity index (χ0v) is 11.6. The smallest absolute Gasteiger partial charge is 0.173 e. The van der Waals surface area contributed by atoms with Gasteiger partial charge in [0.25, 0.3) is 0 Å². The summed E-state index contributed by atoms with van der Waals surface area (Å²) in [4.78, 5) is 11.4. The van der Waals surface area contributed by atoms with Gasteiger partial charge in [-0.1, -0.05) is 15.9 Å². The average Bonchev–Trinajstić information content (AvgIpc) is 2.26. The maximum atomic E-state index is 11.4. The summed E-state index contributed by atoms with van der Waals surface area (Å²) in [5.41, 5.74) is 1.01. The van der Waals surface area contributed by atoms with Gasteiger partial charge < -0.3 is 4.74 Å². The van der Waals surface area contributed by atoms with Gasteiger partial charge in [0.1, 0.15) is 17.4 Å². The number of rotatable bonds is 3.